The van der Waals surface area contributed by atoms with E-state index in [1.54, 1.807) is 24.3 Å². The molecule has 1 fully saturated rings. The third-order valence-electron chi connectivity index (χ3n) is 2.63. The van der Waals surface area contributed by atoms with Gasteiger partial charge in [0.15, 0.2) is 5.92 Å². The number of carbonyl (C=O) groups excluding carboxylic acids is 4. The fourth-order valence-corrected chi connectivity index (χ4v) is 1.65. The first kappa shape index (κ1) is 12.0. The fraction of sp³-hybridized carbons (Fsp3) is 0.167. The van der Waals surface area contributed by atoms with Crippen molar-refractivity contribution in [3.8, 4) is 0 Å². The van der Waals surface area contributed by atoms with Crippen molar-refractivity contribution in [2.24, 2.45) is 5.92 Å². The standard InChI is InChI=1S/C12H10N2O4/c1-7-2-4-8(5-3-7)14-11(17)9(6-15)10(16)13-12(14)18/h2-6,9H,1H3,(H,13,16,18)/t9-/m0/s1. The molecule has 0 bridgehead atoms. The van der Waals surface area contributed by atoms with Crippen molar-refractivity contribution in [2.45, 2.75) is 6.92 Å². The molecule has 0 aliphatic carbocycles. The van der Waals surface area contributed by atoms with Gasteiger partial charge in [0, 0.05) is 0 Å². The predicted octanol–water partition coefficient (Wildman–Crippen LogP) is 0.393. The number of anilines is 1. The lowest BCUT2D eigenvalue weighted by molar-refractivity contribution is -0.137. The Morgan fingerprint density at radius 2 is 1.78 bits per heavy atom. The number of benzene rings is 1. The van der Waals surface area contributed by atoms with Crippen molar-refractivity contribution in [1.82, 2.24) is 5.32 Å². The Morgan fingerprint density at radius 1 is 1.17 bits per heavy atom. The molecule has 1 aliphatic heterocycles. The van der Waals surface area contributed by atoms with Crippen molar-refractivity contribution in [1.29, 1.82) is 0 Å². The van der Waals surface area contributed by atoms with Crippen molar-refractivity contribution < 1.29 is 19.2 Å². The van der Waals surface area contributed by atoms with Crippen LogP contribution < -0.4 is 10.2 Å². The van der Waals surface area contributed by atoms with E-state index < -0.39 is 23.8 Å². The Kier molecular flexibility index (Phi) is 2.93. The van der Waals surface area contributed by atoms with Crippen molar-refractivity contribution in [3.63, 3.8) is 0 Å². The maximum absolute atomic E-state index is 11.9. The molecule has 0 radical (unpaired) electrons. The SMILES string of the molecule is Cc1ccc(N2C(=O)NC(=O)[C@H](C=O)C2=O)cc1. The van der Waals surface area contributed by atoms with Crippen LogP contribution in [0, 0.1) is 12.8 Å². The van der Waals surface area contributed by atoms with Gasteiger partial charge in [0.25, 0.3) is 5.91 Å². The molecule has 1 atom stereocenters. The van der Waals surface area contributed by atoms with Gasteiger partial charge in [-0.1, -0.05) is 17.7 Å². The summed E-state index contributed by atoms with van der Waals surface area (Å²) in [5.74, 6) is -3.19. The monoisotopic (exact) mass is 246 g/mol. The zero-order valence-corrected chi connectivity index (χ0v) is 9.54. The van der Waals surface area contributed by atoms with E-state index in [0.717, 1.165) is 10.5 Å². The van der Waals surface area contributed by atoms with E-state index in [0.29, 0.717) is 5.69 Å². The first-order valence-corrected chi connectivity index (χ1v) is 5.25. The molecular formula is C12H10N2O4. The number of nitrogens with zero attached hydrogens (tertiary/aromatic N) is 1. The lowest BCUT2D eigenvalue weighted by atomic mass is 10.1. The molecule has 0 unspecified atom stereocenters. The third kappa shape index (κ3) is 1.88. The number of aryl methyl sites for hydroxylation is 1. The molecule has 6 heteroatoms. The van der Waals surface area contributed by atoms with E-state index in [4.69, 9.17) is 0 Å². The van der Waals surface area contributed by atoms with Crippen LogP contribution in [-0.2, 0) is 14.4 Å². The van der Waals surface area contributed by atoms with Crippen molar-refractivity contribution >= 4 is 29.8 Å². The maximum atomic E-state index is 11.9. The highest BCUT2D eigenvalue weighted by atomic mass is 16.2. The lowest BCUT2D eigenvalue weighted by Gasteiger charge is -2.27. The summed E-state index contributed by atoms with van der Waals surface area (Å²) in [5, 5.41) is 1.97. The van der Waals surface area contributed by atoms with Crippen LogP contribution in [0.2, 0.25) is 0 Å². The summed E-state index contributed by atoms with van der Waals surface area (Å²) in [6, 6.07) is 5.76. The van der Waals surface area contributed by atoms with Gasteiger partial charge >= 0.3 is 6.03 Å². The molecule has 1 aliphatic rings. The highest BCUT2D eigenvalue weighted by Gasteiger charge is 2.41. The predicted molar refractivity (Wildman–Crippen MR) is 61.8 cm³/mol. The molecule has 1 N–H and O–H groups in total. The molecule has 6 nitrogen and oxygen atoms in total. The molecule has 18 heavy (non-hydrogen) atoms. The zero-order chi connectivity index (χ0) is 13.3. The molecule has 1 heterocycles. The van der Waals surface area contributed by atoms with Crippen LogP contribution in [0.1, 0.15) is 5.56 Å². The van der Waals surface area contributed by atoms with Crippen molar-refractivity contribution in [3.05, 3.63) is 29.8 Å². The number of barbiturate groups is 1. The third-order valence-corrected chi connectivity index (χ3v) is 2.63. The average molecular weight is 246 g/mol. The van der Waals surface area contributed by atoms with E-state index in [2.05, 4.69) is 0 Å². The fourth-order valence-electron chi connectivity index (χ4n) is 1.65. The number of carbonyl (C=O) groups is 4. The molecule has 1 aromatic rings. The summed E-state index contributed by atoms with van der Waals surface area (Å²) < 4.78 is 0. The van der Waals surface area contributed by atoms with Gasteiger partial charge in [-0.3, -0.25) is 14.9 Å². The quantitative estimate of drug-likeness (QED) is 0.604. The summed E-state index contributed by atoms with van der Waals surface area (Å²) in [7, 11) is 0. The first-order chi connectivity index (χ1) is 8.54. The molecule has 0 spiro atoms. The van der Waals surface area contributed by atoms with Crippen LogP contribution >= 0.6 is 0 Å². The van der Waals surface area contributed by atoms with Crippen LogP contribution in [0.4, 0.5) is 10.5 Å². The molecule has 1 aromatic carbocycles. The molecule has 2 rings (SSSR count). The van der Waals surface area contributed by atoms with Gasteiger partial charge in [0.1, 0.15) is 6.29 Å². The summed E-state index contributed by atoms with van der Waals surface area (Å²) in [4.78, 5) is 46.3. The number of urea groups is 1. The molecule has 0 aromatic heterocycles. The van der Waals surface area contributed by atoms with Gasteiger partial charge < -0.3 is 4.79 Å². The first-order valence-electron chi connectivity index (χ1n) is 5.25. The zero-order valence-electron chi connectivity index (χ0n) is 9.54. The minimum absolute atomic E-state index is 0.227. The Balaban J connectivity index is 2.39. The van der Waals surface area contributed by atoms with Gasteiger partial charge in [-0.2, -0.15) is 0 Å². The number of amides is 4. The normalized spacial score (nSPS) is 19.7. The number of nitrogens with one attached hydrogen (secondary N) is 1. The summed E-state index contributed by atoms with van der Waals surface area (Å²) in [6.07, 6.45) is 0.227. The Morgan fingerprint density at radius 3 is 2.33 bits per heavy atom. The van der Waals surface area contributed by atoms with Gasteiger partial charge in [-0.15, -0.1) is 0 Å². The van der Waals surface area contributed by atoms with E-state index >= 15 is 0 Å². The number of aldehydes is 1. The summed E-state index contributed by atoms with van der Waals surface area (Å²) in [6.45, 7) is 1.86. The van der Waals surface area contributed by atoms with Crippen molar-refractivity contribution in [2.75, 3.05) is 4.90 Å². The van der Waals surface area contributed by atoms with E-state index in [1.165, 1.54) is 0 Å². The highest BCUT2D eigenvalue weighted by Crippen LogP contribution is 2.20. The van der Waals surface area contributed by atoms with Crippen LogP contribution in [0.25, 0.3) is 0 Å². The van der Waals surface area contributed by atoms with Crippen LogP contribution in [-0.4, -0.2) is 24.1 Å². The largest absolute Gasteiger partial charge is 0.335 e. The van der Waals surface area contributed by atoms with Gasteiger partial charge in [-0.25, -0.2) is 9.69 Å². The Labute approximate surface area is 103 Å². The number of rotatable bonds is 2. The van der Waals surface area contributed by atoms with Crippen LogP contribution in [0.15, 0.2) is 24.3 Å². The number of imide groups is 2. The van der Waals surface area contributed by atoms with E-state index in [1.807, 2.05) is 12.2 Å². The van der Waals surface area contributed by atoms with E-state index in [9.17, 15) is 19.2 Å². The molecular weight excluding hydrogens is 236 g/mol. The van der Waals surface area contributed by atoms with Gasteiger partial charge in [0.2, 0.25) is 5.91 Å². The minimum atomic E-state index is -1.47. The van der Waals surface area contributed by atoms with Crippen LogP contribution in [0.5, 0.6) is 0 Å². The average Bonchev–Trinajstić information content (AvgIpc) is 2.31. The number of hydrogen-bond acceptors (Lipinski definition) is 4. The van der Waals surface area contributed by atoms with Gasteiger partial charge in [-0.05, 0) is 19.1 Å². The Hall–Kier alpha value is -2.50. The summed E-state index contributed by atoms with van der Waals surface area (Å²) >= 11 is 0. The molecule has 0 saturated carbocycles. The summed E-state index contributed by atoms with van der Waals surface area (Å²) in [5.41, 5.74) is 1.29. The van der Waals surface area contributed by atoms with Crippen LogP contribution in [0.3, 0.4) is 0 Å². The number of hydrogen-bond donors (Lipinski definition) is 1. The molecule has 92 valence electrons. The van der Waals surface area contributed by atoms with Gasteiger partial charge in [0.05, 0.1) is 5.69 Å². The van der Waals surface area contributed by atoms with E-state index in [-0.39, 0.29) is 6.29 Å². The Bertz CT molecular complexity index is 536. The topological polar surface area (TPSA) is 83.6 Å². The molecule has 1 saturated heterocycles. The second-order valence-electron chi connectivity index (χ2n) is 3.92. The smallest absolute Gasteiger partial charge is 0.302 e. The molecule has 4 amide bonds. The highest BCUT2D eigenvalue weighted by molar-refractivity contribution is 6.32. The second kappa shape index (κ2) is 4.40. The minimum Gasteiger partial charge on any atom is -0.302 e. The second-order valence-corrected chi connectivity index (χ2v) is 3.92. The lowest BCUT2D eigenvalue weighted by Crippen LogP contribution is -2.58. The maximum Gasteiger partial charge on any atom is 0.335 e.